The molecule has 10 atom stereocenters. The number of likely N-dealkylation sites (tertiary alicyclic amines) is 1. The van der Waals surface area contributed by atoms with Crippen LogP contribution in [-0.4, -0.2) is 54.5 Å². The van der Waals surface area contributed by atoms with E-state index in [1.165, 1.54) is 45.1 Å². The first-order valence-corrected chi connectivity index (χ1v) is 14.1. The molecule has 0 aromatic heterocycles. The molecule has 5 rings (SSSR count). The molecule has 3 saturated carbocycles. The Labute approximate surface area is 202 Å². The minimum atomic E-state index is -0.366. The van der Waals surface area contributed by atoms with Crippen LogP contribution in [0.3, 0.4) is 0 Å². The van der Waals surface area contributed by atoms with Gasteiger partial charge in [0.2, 0.25) is 5.91 Å². The van der Waals surface area contributed by atoms with E-state index in [1.807, 2.05) is 11.9 Å². The third kappa shape index (κ3) is 3.40. The predicted molar refractivity (Wildman–Crippen MR) is 136 cm³/mol. The number of carbonyl (C=O) groups is 1. The van der Waals surface area contributed by atoms with Gasteiger partial charge in [-0.05, 0) is 106 Å². The molecule has 2 N–H and O–H groups in total. The molecule has 1 amide bonds. The lowest BCUT2D eigenvalue weighted by Gasteiger charge is -2.58. The van der Waals surface area contributed by atoms with E-state index in [1.54, 1.807) is 5.57 Å². The molecule has 5 aliphatic rings. The van der Waals surface area contributed by atoms with Crippen LogP contribution in [0, 0.1) is 40.4 Å². The average molecular weight is 456 g/mol. The van der Waals surface area contributed by atoms with E-state index in [-0.39, 0.29) is 17.9 Å². The molecule has 186 valence electrons. The molecule has 0 aromatic rings. The van der Waals surface area contributed by atoms with Crippen LogP contribution in [0.1, 0.15) is 85.5 Å². The highest BCUT2D eigenvalue weighted by Crippen LogP contribution is 2.68. The molecule has 0 radical (unpaired) electrons. The molecule has 0 bridgehead atoms. The van der Waals surface area contributed by atoms with Crippen LogP contribution in [0.2, 0.25) is 0 Å². The Morgan fingerprint density at radius 3 is 2.67 bits per heavy atom. The molecule has 1 saturated heterocycles. The first kappa shape index (κ1) is 23.9. The third-order valence-corrected chi connectivity index (χ3v) is 12.1. The number of rotatable bonds is 4. The van der Waals surface area contributed by atoms with E-state index in [4.69, 9.17) is 5.73 Å². The molecule has 4 aliphatic carbocycles. The van der Waals surface area contributed by atoms with Crippen molar-refractivity contribution in [1.29, 1.82) is 0 Å². The lowest BCUT2D eigenvalue weighted by Crippen LogP contribution is -2.54. The van der Waals surface area contributed by atoms with Crippen molar-refractivity contribution in [3.63, 3.8) is 0 Å². The van der Waals surface area contributed by atoms with Gasteiger partial charge in [0.15, 0.2) is 0 Å². The van der Waals surface area contributed by atoms with Crippen LogP contribution in [0.4, 0.5) is 0 Å². The molecule has 1 aliphatic heterocycles. The summed E-state index contributed by atoms with van der Waals surface area (Å²) in [6.45, 7) is 10.6. The fraction of sp³-hybridized carbons (Fsp3) is 0.897. The van der Waals surface area contributed by atoms with E-state index >= 15 is 0 Å². The van der Waals surface area contributed by atoms with Gasteiger partial charge < -0.3 is 15.5 Å². The number of nitrogens with two attached hydrogens (primary N) is 1. The van der Waals surface area contributed by atoms with Crippen molar-refractivity contribution < 1.29 is 4.79 Å². The van der Waals surface area contributed by atoms with Gasteiger partial charge in [-0.3, -0.25) is 4.79 Å². The highest BCUT2D eigenvalue weighted by atomic mass is 16.2. The number of nitrogens with zero attached hydrogens (tertiary/aromatic N) is 2. The molecule has 4 nitrogen and oxygen atoms in total. The Morgan fingerprint density at radius 1 is 1.21 bits per heavy atom. The van der Waals surface area contributed by atoms with Crippen molar-refractivity contribution in [3.8, 4) is 0 Å². The van der Waals surface area contributed by atoms with Crippen LogP contribution in [-0.2, 0) is 4.79 Å². The van der Waals surface area contributed by atoms with Crippen LogP contribution >= 0.6 is 0 Å². The van der Waals surface area contributed by atoms with Crippen molar-refractivity contribution in [2.45, 2.75) is 104 Å². The Balaban J connectivity index is 1.33. The zero-order valence-corrected chi connectivity index (χ0v) is 22.1. The van der Waals surface area contributed by atoms with Crippen LogP contribution in [0.5, 0.6) is 0 Å². The number of hydrogen-bond acceptors (Lipinski definition) is 3. The van der Waals surface area contributed by atoms with Gasteiger partial charge in [-0.25, -0.2) is 0 Å². The topological polar surface area (TPSA) is 49.6 Å². The smallest absolute Gasteiger partial charge is 0.239 e. The molecular weight excluding hydrogens is 406 g/mol. The summed E-state index contributed by atoms with van der Waals surface area (Å²) in [6, 6.07) is 0.718. The molecule has 1 spiro atoms. The molecule has 1 heterocycles. The Hall–Kier alpha value is -0.870. The number of hydrogen-bond donors (Lipinski definition) is 1. The number of likely N-dealkylation sites (N-methyl/N-ethyl adjacent to an activating group) is 1. The van der Waals surface area contributed by atoms with Crippen LogP contribution in [0.25, 0.3) is 0 Å². The highest BCUT2D eigenvalue weighted by Gasteiger charge is 2.64. The van der Waals surface area contributed by atoms with Crippen molar-refractivity contribution in [1.82, 2.24) is 9.80 Å². The van der Waals surface area contributed by atoms with Crippen molar-refractivity contribution in [2.75, 3.05) is 20.6 Å². The lowest BCUT2D eigenvalue weighted by atomic mass is 9.47. The lowest BCUT2D eigenvalue weighted by molar-refractivity contribution is -0.135. The van der Waals surface area contributed by atoms with Crippen LogP contribution < -0.4 is 5.73 Å². The van der Waals surface area contributed by atoms with Gasteiger partial charge in [-0.1, -0.05) is 38.8 Å². The Bertz CT molecular complexity index is 809. The van der Waals surface area contributed by atoms with E-state index < -0.39 is 0 Å². The van der Waals surface area contributed by atoms with Crippen molar-refractivity contribution in [3.05, 3.63) is 11.6 Å². The van der Waals surface area contributed by atoms with Gasteiger partial charge in [0.05, 0.1) is 6.04 Å². The normalized spacial score (nSPS) is 46.5. The number of carbonyl (C=O) groups excluding carboxylic acids is 1. The summed E-state index contributed by atoms with van der Waals surface area (Å²) < 4.78 is 0. The Morgan fingerprint density at radius 2 is 1.94 bits per heavy atom. The van der Waals surface area contributed by atoms with Crippen molar-refractivity contribution >= 4 is 5.91 Å². The van der Waals surface area contributed by atoms with Crippen molar-refractivity contribution in [2.24, 2.45) is 46.2 Å². The molecular formula is C29H49N3O. The second kappa shape index (κ2) is 8.36. The van der Waals surface area contributed by atoms with Gasteiger partial charge in [-0.15, -0.1) is 0 Å². The fourth-order valence-electron chi connectivity index (χ4n) is 9.69. The van der Waals surface area contributed by atoms with E-state index in [2.05, 4.69) is 45.7 Å². The first-order chi connectivity index (χ1) is 15.6. The summed E-state index contributed by atoms with van der Waals surface area (Å²) >= 11 is 0. The summed E-state index contributed by atoms with van der Waals surface area (Å²) in [5.74, 6) is 3.97. The first-order valence-electron chi connectivity index (χ1n) is 14.1. The van der Waals surface area contributed by atoms with Gasteiger partial charge in [-0.2, -0.15) is 0 Å². The zero-order valence-electron chi connectivity index (χ0n) is 22.1. The third-order valence-electron chi connectivity index (χ3n) is 12.1. The maximum atomic E-state index is 13.1. The summed E-state index contributed by atoms with van der Waals surface area (Å²) in [5, 5.41) is 0. The maximum Gasteiger partial charge on any atom is 0.239 e. The quantitative estimate of drug-likeness (QED) is 0.602. The molecule has 33 heavy (non-hydrogen) atoms. The number of amides is 1. The van der Waals surface area contributed by atoms with E-state index in [0.29, 0.717) is 16.9 Å². The highest BCUT2D eigenvalue weighted by molar-refractivity contribution is 5.82. The largest absolute Gasteiger partial charge is 0.341 e. The summed E-state index contributed by atoms with van der Waals surface area (Å²) in [4.78, 5) is 17.8. The molecule has 0 aromatic carbocycles. The molecule has 1 unspecified atom stereocenters. The second-order valence-electron chi connectivity index (χ2n) is 13.1. The Kier molecular flexibility index (Phi) is 6.04. The van der Waals surface area contributed by atoms with Gasteiger partial charge in [0.1, 0.15) is 0 Å². The fourth-order valence-corrected chi connectivity index (χ4v) is 9.69. The number of fused-ring (bicyclic) bond motifs is 4. The second-order valence-corrected chi connectivity index (χ2v) is 13.1. The van der Waals surface area contributed by atoms with Gasteiger partial charge >= 0.3 is 0 Å². The average Bonchev–Trinajstić information content (AvgIpc) is 3.30. The SMILES string of the molecule is CCC(C)[C@@H](N)C(=O)N(C)[C@H]1CC[C@@]2(C)C(=CC[C@H]3[C@@H]4CC[C@@H]5[C@H](C)N(C)C[C@@]54CC[C@@H]32)C1. The summed E-state index contributed by atoms with van der Waals surface area (Å²) in [6.07, 6.45) is 14.1. The predicted octanol–water partition coefficient (Wildman–Crippen LogP) is 5.08. The maximum absolute atomic E-state index is 13.1. The van der Waals surface area contributed by atoms with Gasteiger partial charge in [0, 0.05) is 25.7 Å². The van der Waals surface area contributed by atoms with Crippen LogP contribution in [0.15, 0.2) is 11.6 Å². The zero-order chi connectivity index (χ0) is 23.7. The molecule has 4 heteroatoms. The molecule has 4 fully saturated rings. The van der Waals surface area contributed by atoms with Gasteiger partial charge in [0.25, 0.3) is 0 Å². The summed E-state index contributed by atoms with van der Waals surface area (Å²) in [5.41, 5.74) is 8.94. The minimum absolute atomic E-state index is 0.142. The van der Waals surface area contributed by atoms with E-state index in [9.17, 15) is 4.79 Å². The monoisotopic (exact) mass is 455 g/mol. The van der Waals surface area contributed by atoms with E-state index in [0.717, 1.165) is 49.0 Å². The minimum Gasteiger partial charge on any atom is -0.341 e. The number of allylic oxidation sites excluding steroid dienone is 1. The summed E-state index contributed by atoms with van der Waals surface area (Å²) in [7, 11) is 4.37. The standard InChI is InChI=1S/C29H49N3O/c1-7-18(2)26(30)27(33)32(6)21-12-14-28(4)20(16-21)8-9-22-24(28)13-15-29-17-31(5)19(3)23(29)10-11-25(22)29/h8,18-19,21-26H,7,9-17,30H2,1-6H3/t18?,19-,21-,22+,23+,24-,25-,26+,28-,29-/m0/s1.